The number of phenolic OH excluding ortho intramolecular Hbond substituents is 6. The Balaban J connectivity index is 1.87. The summed E-state index contributed by atoms with van der Waals surface area (Å²) in [5.74, 6) is 0.454. The minimum atomic E-state index is -1.08. The Kier molecular flexibility index (Phi) is 9.40. The van der Waals surface area contributed by atoms with Crippen LogP contribution in [-0.2, 0) is 16.2 Å². The number of phenols is 6. The number of hydrogen-bond donors (Lipinski definition) is 6. The molecule has 0 saturated carbocycles. The normalized spacial score (nSPS) is 20.8. The smallest absolute Gasteiger partial charge is 0.115 e. The summed E-state index contributed by atoms with van der Waals surface area (Å²) in [4.78, 5) is 0. The number of allylic oxidation sites excluding steroid dienone is 2. The van der Waals surface area contributed by atoms with Crippen molar-refractivity contribution in [2.45, 2.75) is 62.2 Å². The maximum Gasteiger partial charge on any atom is 0.115 e. The van der Waals surface area contributed by atoms with Gasteiger partial charge in [0.25, 0.3) is 0 Å². The van der Waals surface area contributed by atoms with Gasteiger partial charge in [-0.05, 0) is 131 Å². The number of hydrogen-bond acceptors (Lipinski definition) is 6. The van der Waals surface area contributed by atoms with Gasteiger partial charge in [0.2, 0.25) is 0 Å². The zero-order chi connectivity index (χ0) is 38.3. The van der Waals surface area contributed by atoms with Crippen LogP contribution in [0.25, 0.3) is 5.57 Å². The highest BCUT2D eigenvalue weighted by atomic mass is 16.3. The second kappa shape index (κ2) is 14.0. The molecule has 1 aliphatic carbocycles. The molecule has 3 atom stereocenters. The molecule has 6 heteroatoms. The van der Waals surface area contributed by atoms with E-state index in [4.69, 9.17) is 0 Å². The Morgan fingerprint density at radius 2 is 0.759 bits per heavy atom. The van der Waals surface area contributed by atoms with Crippen molar-refractivity contribution >= 4 is 5.57 Å². The van der Waals surface area contributed by atoms with Crippen molar-refractivity contribution in [1.82, 2.24) is 0 Å². The van der Waals surface area contributed by atoms with Crippen LogP contribution in [-0.4, -0.2) is 30.6 Å². The maximum atomic E-state index is 10.9. The summed E-state index contributed by atoms with van der Waals surface area (Å²) in [5.41, 5.74) is 4.93. The Hall–Kier alpha value is -6.14. The molecule has 54 heavy (non-hydrogen) atoms. The Labute approximate surface area is 316 Å². The van der Waals surface area contributed by atoms with Gasteiger partial charge in [0.05, 0.1) is 0 Å². The first-order valence-electron chi connectivity index (χ1n) is 18.6. The highest BCUT2D eigenvalue weighted by molar-refractivity contribution is 5.87. The van der Waals surface area contributed by atoms with E-state index in [-0.39, 0.29) is 40.4 Å². The van der Waals surface area contributed by atoms with E-state index >= 15 is 0 Å². The van der Waals surface area contributed by atoms with E-state index in [1.807, 2.05) is 72.8 Å². The van der Waals surface area contributed by atoms with Crippen LogP contribution in [0.15, 0.2) is 151 Å². The topological polar surface area (TPSA) is 121 Å². The summed E-state index contributed by atoms with van der Waals surface area (Å²) < 4.78 is 0. The molecule has 0 aliphatic heterocycles. The standard InChI is InChI=1S/C48H46O6/c1-4-43-44(31-7-19-37(49)20-8-31)46(5-2,33-11-23-39(51)24-12-33)48(35-15-27-41(53)28-16-35,36-17-29-42(54)30-18-36)47(6-3,34-13-25-40(52)26-14-34)45(43)32-9-21-38(50)22-10-32/h7-30,44,49-54H,4-6H2,1-3H3. The molecule has 0 amide bonds. The van der Waals surface area contributed by atoms with Crippen molar-refractivity contribution in [3.8, 4) is 34.5 Å². The van der Waals surface area contributed by atoms with Crippen LogP contribution in [0.5, 0.6) is 34.5 Å². The van der Waals surface area contributed by atoms with Crippen molar-refractivity contribution < 1.29 is 30.6 Å². The van der Waals surface area contributed by atoms with Gasteiger partial charge in [0, 0.05) is 22.2 Å². The molecule has 0 spiro atoms. The average molecular weight is 719 g/mol. The third-order valence-electron chi connectivity index (χ3n) is 12.1. The summed E-state index contributed by atoms with van der Waals surface area (Å²) >= 11 is 0. The predicted molar refractivity (Wildman–Crippen MR) is 213 cm³/mol. The lowest BCUT2D eigenvalue weighted by Crippen LogP contribution is -2.67. The third-order valence-corrected chi connectivity index (χ3v) is 12.1. The van der Waals surface area contributed by atoms with Crippen molar-refractivity contribution in [3.63, 3.8) is 0 Å². The molecule has 1 aliphatic rings. The lowest BCUT2D eigenvalue weighted by molar-refractivity contribution is 0.123. The molecule has 6 aromatic carbocycles. The van der Waals surface area contributed by atoms with Crippen LogP contribution in [0.2, 0.25) is 0 Å². The van der Waals surface area contributed by atoms with Crippen molar-refractivity contribution in [2.75, 3.05) is 0 Å². The van der Waals surface area contributed by atoms with Gasteiger partial charge in [-0.15, -0.1) is 0 Å². The quantitative estimate of drug-likeness (QED) is 0.0885. The molecule has 6 aromatic rings. The fourth-order valence-electron chi connectivity index (χ4n) is 10.3. The van der Waals surface area contributed by atoms with Crippen molar-refractivity contribution in [2.24, 2.45) is 0 Å². The van der Waals surface area contributed by atoms with Gasteiger partial charge in [0.15, 0.2) is 0 Å². The van der Waals surface area contributed by atoms with E-state index in [1.54, 1.807) is 72.8 Å². The minimum absolute atomic E-state index is 0.118. The first kappa shape index (κ1) is 36.2. The first-order chi connectivity index (χ1) is 26.1. The molecule has 0 heterocycles. The van der Waals surface area contributed by atoms with Crippen LogP contribution in [0, 0.1) is 0 Å². The van der Waals surface area contributed by atoms with Gasteiger partial charge < -0.3 is 30.6 Å². The highest BCUT2D eigenvalue weighted by Crippen LogP contribution is 2.74. The lowest BCUT2D eigenvalue weighted by atomic mass is 9.33. The van der Waals surface area contributed by atoms with Gasteiger partial charge >= 0.3 is 0 Å². The third kappa shape index (κ3) is 5.31. The molecular weight excluding hydrogens is 673 g/mol. The van der Waals surface area contributed by atoms with Gasteiger partial charge in [-0.2, -0.15) is 0 Å². The Morgan fingerprint density at radius 1 is 0.407 bits per heavy atom. The highest BCUT2D eigenvalue weighted by Gasteiger charge is 2.71. The lowest BCUT2D eigenvalue weighted by Gasteiger charge is -2.68. The van der Waals surface area contributed by atoms with Crippen molar-refractivity contribution in [1.29, 1.82) is 0 Å². The molecule has 7 rings (SSSR count). The summed E-state index contributed by atoms with van der Waals surface area (Å²) in [5, 5.41) is 64.6. The van der Waals surface area contributed by atoms with Crippen molar-refractivity contribution in [3.05, 3.63) is 185 Å². The largest absolute Gasteiger partial charge is 0.508 e. The molecule has 0 aromatic heterocycles. The number of benzene rings is 6. The molecule has 0 saturated heterocycles. The van der Waals surface area contributed by atoms with Gasteiger partial charge in [-0.1, -0.05) is 99.1 Å². The summed E-state index contributed by atoms with van der Waals surface area (Å²) in [6, 6.07) is 44.6. The van der Waals surface area contributed by atoms with E-state index in [2.05, 4.69) is 20.8 Å². The zero-order valence-electron chi connectivity index (χ0n) is 30.7. The molecule has 0 radical (unpaired) electrons. The average Bonchev–Trinajstić information content (AvgIpc) is 3.19. The van der Waals surface area contributed by atoms with E-state index in [1.165, 1.54) is 0 Å². The minimum Gasteiger partial charge on any atom is -0.508 e. The predicted octanol–water partition coefficient (Wildman–Crippen LogP) is 10.6. The van der Waals surface area contributed by atoms with Crippen LogP contribution in [0.1, 0.15) is 79.3 Å². The van der Waals surface area contributed by atoms with Gasteiger partial charge in [0.1, 0.15) is 34.5 Å². The summed E-state index contributed by atoms with van der Waals surface area (Å²) in [6.45, 7) is 6.56. The molecule has 274 valence electrons. The fraction of sp³-hybridized carbons (Fsp3) is 0.208. The van der Waals surface area contributed by atoms with E-state index < -0.39 is 16.2 Å². The van der Waals surface area contributed by atoms with E-state index in [0.717, 1.165) is 44.5 Å². The van der Waals surface area contributed by atoms with Gasteiger partial charge in [-0.3, -0.25) is 0 Å². The molecule has 0 bridgehead atoms. The van der Waals surface area contributed by atoms with Crippen LogP contribution < -0.4 is 0 Å². The van der Waals surface area contributed by atoms with Gasteiger partial charge in [-0.25, -0.2) is 0 Å². The molecular formula is C48H46O6. The second-order valence-corrected chi connectivity index (χ2v) is 14.3. The molecule has 6 N–H and O–H groups in total. The molecule has 0 fully saturated rings. The molecule has 3 unspecified atom stereocenters. The zero-order valence-corrected chi connectivity index (χ0v) is 30.7. The van der Waals surface area contributed by atoms with Crippen LogP contribution in [0.3, 0.4) is 0 Å². The summed E-state index contributed by atoms with van der Waals surface area (Å²) in [7, 11) is 0. The van der Waals surface area contributed by atoms with Crippen LogP contribution >= 0.6 is 0 Å². The van der Waals surface area contributed by atoms with E-state index in [0.29, 0.717) is 19.3 Å². The Morgan fingerprint density at radius 3 is 1.13 bits per heavy atom. The maximum absolute atomic E-state index is 10.9. The van der Waals surface area contributed by atoms with E-state index in [9.17, 15) is 30.6 Å². The monoisotopic (exact) mass is 718 g/mol. The fourth-order valence-corrected chi connectivity index (χ4v) is 10.3. The molecule has 6 nitrogen and oxygen atoms in total. The number of rotatable bonds is 9. The second-order valence-electron chi connectivity index (χ2n) is 14.3. The summed E-state index contributed by atoms with van der Waals surface area (Å²) in [6.07, 6.45) is 1.78. The number of aromatic hydroxyl groups is 6. The SMILES string of the molecule is CCC1=C(c2ccc(O)cc2)C(CC)(c2ccc(O)cc2)C(c2ccc(O)cc2)(c2ccc(O)cc2)C(CC)(c2ccc(O)cc2)C1c1ccc(O)cc1. The Bertz CT molecular complexity index is 2210. The van der Waals surface area contributed by atoms with Crippen LogP contribution in [0.4, 0.5) is 0 Å². The first-order valence-corrected chi connectivity index (χ1v) is 18.6.